The number of amides is 3. The van der Waals surface area contributed by atoms with Gasteiger partial charge in [-0.3, -0.25) is 9.69 Å². The number of nitrogens with one attached hydrogen (secondary N) is 1. The van der Waals surface area contributed by atoms with E-state index in [4.69, 9.17) is 0 Å². The number of rotatable bonds is 16. The maximum absolute atomic E-state index is 12.0. The van der Waals surface area contributed by atoms with Crippen molar-refractivity contribution in [2.24, 2.45) is 0 Å². The van der Waals surface area contributed by atoms with Crippen LogP contribution in [0, 0.1) is 0 Å². The second kappa shape index (κ2) is 16.3. The average Bonchev–Trinajstić information content (AvgIpc) is 2.70. The van der Waals surface area contributed by atoms with Gasteiger partial charge in [-0.1, -0.05) is 108 Å². The molecule has 4 nitrogen and oxygen atoms in total. The maximum Gasteiger partial charge on any atom is 0.324 e. The topological polar surface area (TPSA) is 49.4 Å². The zero-order valence-corrected chi connectivity index (χ0v) is 17.0. The van der Waals surface area contributed by atoms with Crippen molar-refractivity contribution in [3.63, 3.8) is 0 Å². The smallest absolute Gasteiger partial charge is 0.324 e. The van der Waals surface area contributed by atoms with E-state index in [1.165, 1.54) is 64.2 Å². The molecule has 27 heavy (non-hydrogen) atoms. The summed E-state index contributed by atoms with van der Waals surface area (Å²) in [5, 5.41) is 2.81. The van der Waals surface area contributed by atoms with E-state index in [2.05, 4.69) is 12.2 Å². The average molecular weight is 374 g/mol. The van der Waals surface area contributed by atoms with Crippen molar-refractivity contribution < 1.29 is 9.59 Å². The number of hydrogen-bond donors (Lipinski definition) is 1. The van der Waals surface area contributed by atoms with Crippen LogP contribution in [0.15, 0.2) is 30.3 Å². The van der Waals surface area contributed by atoms with Gasteiger partial charge in [-0.25, -0.2) is 4.79 Å². The van der Waals surface area contributed by atoms with E-state index >= 15 is 0 Å². The first-order valence-electron chi connectivity index (χ1n) is 10.7. The van der Waals surface area contributed by atoms with Crippen LogP contribution >= 0.6 is 0 Å². The monoisotopic (exact) mass is 373 g/mol. The Hall–Kier alpha value is -1.84. The number of hydrogen-bond acceptors (Lipinski definition) is 2. The normalized spacial score (nSPS) is 10.6. The fourth-order valence-electron chi connectivity index (χ4n) is 3.17. The van der Waals surface area contributed by atoms with Crippen LogP contribution in [-0.4, -0.2) is 23.9 Å². The van der Waals surface area contributed by atoms with Crippen molar-refractivity contribution in [3.05, 3.63) is 35.9 Å². The molecular formula is C23H37N2O2. The van der Waals surface area contributed by atoms with Crippen molar-refractivity contribution in [2.45, 2.75) is 90.5 Å². The molecule has 4 heteroatoms. The van der Waals surface area contributed by atoms with Gasteiger partial charge in [-0.05, 0) is 12.0 Å². The van der Waals surface area contributed by atoms with Crippen LogP contribution in [0.3, 0.4) is 0 Å². The van der Waals surface area contributed by atoms with Crippen molar-refractivity contribution in [1.29, 1.82) is 0 Å². The quantitative estimate of drug-likeness (QED) is 0.287. The van der Waals surface area contributed by atoms with Gasteiger partial charge in [0, 0.05) is 6.54 Å². The molecule has 0 spiro atoms. The predicted molar refractivity (Wildman–Crippen MR) is 112 cm³/mol. The molecule has 0 atom stereocenters. The van der Waals surface area contributed by atoms with Crippen molar-refractivity contribution >= 4 is 12.4 Å². The van der Waals surface area contributed by atoms with E-state index in [9.17, 15) is 9.59 Å². The molecule has 0 fully saturated rings. The second-order valence-electron chi connectivity index (χ2n) is 7.28. The lowest BCUT2D eigenvalue weighted by atomic mass is 10.1. The van der Waals surface area contributed by atoms with Crippen LogP contribution in [-0.2, 0) is 11.3 Å². The molecule has 0 aromatic heterocycles. The van der Waals surface area contributed by atoms with E-state index in [1.54, 1.807) is 6.41 Å². The van der Waals surface area contributed by atoms with E-state index in [-0.39, 0.29) is 12.6 Å². The SMILES string of the molecule is CCCCCCCCCCCCCCNC(=O)N([C]=O)Cc1ccccc1. The molecule has 0 saturated carbocycles. The largest absolute Gasteiger partial charge is 0.338 e. The Balaban J connectivity index is 1.96. The molecular weight excluding hydrogens is 336 g/mol. The highest BCUT2D eigenvalue weighted by Gasteiger charge is 2.13. The molecule has 0 heterocycles. The molecule has 0 aliphatic heterocycles. The Labute approximate surface area is 165 Å². The van der Waals surface area contributed by atoms with Gasteiger partial charge in [0.2, 0.25) is 0 Å². The molecule has 0 aliphatic rings. The summed E-state index contributed by atoms with van der Waals surface area (Å²) in [5.41, 5.74) is 0.918. The zero-order chi connectivity index (χ0) is 19.6. The summed E-state index contributed by atoms with van der Waals surface area (Å²) in [7, 11) is 0. The van der Waals surface area contributed by atoms with Crippen LogP contribution < -0.4 is 5.32 Å². The second-order valence-corrected chi connectivity index (χ2v) is 7.28. The first-order valence-corrected chi connectivity index (χ1v) is 10.7. The number of urea groups is 1. The minimum absolute atomic E-state index is 0.259. The number of unbranched alkanes of at least 4 members (excludes halogenated alkanes) is 11. The number of carbonyl (C=O) groups excluding carboxylic acids is 2. The van der Waals surface area contributed by atoms with Crippen LogP contribution in [0.25, 0.3) is 0 Å². The standard InChI is InChI=1S/C23H37N2O2/c1-2-3-4-5-6-7-8-9-10-11-12-16-19-24-23(27)25(21-26)20-22-17-14-13-15-18-22/h13-15,17-18H,2-12,16,19-20H2,1H3,(H,24,27). The molecule has 0 unspecified atom stereocenters. The van der Waals surface area contributed by atoms with E-state index in [0.717, 1.165) is 23.3 Å². The summed E-state index contributed by atoms with van der Waals surface area (Å²) in [6.07, 6.45) is 17.2. The first kappa shape index (κ1) is 23.2. The molecule has 1 aromatic carbocycles. The van der Waals surface area contributed by atoms with Gasteiger partial charge in [-0.2, -0.15) is 0 Å². The fraction of sp³-hybridized carbons (Fsp3) is 0.652. The Kier molecular flexibility index (Phi) is 14.0. The Morgan fingerprint density at radius 2 is 1.37 bits per heavy atom. The molecule has 1 rings (SSSR count). The summed E-state index contributed by atoms with van der Waals surface area (Å²) in [5.74, 6) is 0. The van der Waals surface area contributed by atoms with Crippen molar-refractivity contribution in [3.8, 4) is 0 Å². The fourth-order valence-corrected chi connectivity index (χ4v) is 3.17. The van der Waals surface area contributed by atoms with Gasteiger partial charge in [0.05, 0.1) is 6.54 Å². The summed E-state index contributed by atoms with van der Waals surface area (Å²) in [6.45, 7) is 3.13. The van der Waals surface area contributed by atoms with Gasteiger partial charge in [0.15, 0.2) is 0 Å². The van der Waals surface area contributed by atoms with Gasteiger partial charge in [-0.15, -0.1) is 0 Å². The van der Waals surface area contributed by atoms with Crippen LogP contribution in [0.5, 0.6) is 0 Å². The predicted octanol–water partition coefficient (Wildman–Crippen LogP) is 5.97. The first-order chi connectivity index (χ1) is 13.3. The molecule has 0 saturated heterocycles. The van der Waals surface area contributed by atoms with Gasteiger partial charge >= 0.3 is 12.4 Å². The summed E-state index contributed by atoms with van der Waals surface area (Å²) < 4.78 is 0. The molecule has 1 N–H and O–H groups in total. The summed E-state index contributed by atoms with van der Waals surface area (Å²) >= 11 is 0. The summed E-state index contributed by atoms with van der Waals surface area (Å²) in [4.78, 5) is 24.1. The lowest BCUT2D eigenvalue weighted by Crippen LogP contribution is -2.39. The molecule has 0 bridgehead atoms. The maximum atomic E-state index is 12.0. The third-order valence-corrected chi connectivity index (χ3v) is 4.85. The number of imide groups is 1. The Morgan fingerprint density at radius 1 is 0.852 bits per heavy atom. The van der Waals surface area contributed by atoms with Crippen LogP contribution in [0.1, 0.15) is 89.5 Å². The summed E-state index contributed by atoms with van der Waals surface area (Å²) in [6, 6.07) is 9.11. The van der Waals surface area contributed by atoms with E-state index < -0.39 is 0 Å². The van der Waals surface area contributed by atoms with E-state index in [1.807, 2.05) is 30.3 Å². The van der Waals surface area contributed by atoms with E-state index in [0.29, 0.717) is 6.54 Å². The third-order valence-electron chi connectivity index (χ3n) is 4.85. The highest BCUT2D eigenvalue weighted by molar-refractivity contribution is 5.84. The number of nitrogens with zero attached hydrogens (tertiary/aromatic N) is 1. The van der Waals surface area contributed by atoms with Crippen LogP contribution in [0.2, 0.25) is 0 Å². The van der Waals surface area contributed by atoms with Crippen molar-refractivity contribution in [2.75, 3.05) is 6.54 Å². The Bertz CT molecular complexity index is 490. The lowest BCUT2D eigenvalue weighted by Gasteiger charge is -2.15. The molecule has 1 radical (unpaired) electrons. The molecule has 3 amide bonds. The van der Waals surface area contributed by atoms with Gasteiger partial charge in [0.1, 0.15) is 0 Å². The minimum atomic E-state index is -0.364. The lowest BCUT2D eigenvalue weighted by molar-refractivity contribution is 0.217. The van der Waals surface area contributed by atoms with Crippen molar-refractivity contribution in [1.82, 2.24) is 10.2 Å². The van der Waals surface area contributed by atoms with Gasteiger partial charge in [0.25, 0.3) is 0 Å². The number of benzene rings is 1. The van der Waals surface area contributed by atoms with Crippen LogP contribution in [0.4, 0.5) is 4.79 Å². The number of carbonyl (C=O) groups is 1. The highest BCUT2D eigenvalue weighted by atomic mass is 16.2. The molecule has 0 aliphatic carbocycles. The minimum Gasteiger partial charge on any atom is -0.338 e. The Morgan fingerprint density at radius 3 is 1.89 bits per heavy atom. The molecule has 1 aromatic rings. The third kappa shape index (κ3) is 12.2. The molecule has 151 valence electrons. The highest BCUT2D eigenvalue weighted by Crippen LogP contribution is 2.11. The van der Waals surface area contributed by atoms with Gasteiger partial charge < -0.3 is 5.32 Å². The zero-order valence-electron chi connectivity index (χ0n) is 17.0.